The van der Waals surface area contributed by atoms with Gasteiger partial charge >= 0.3 is 0 Å². The zero-order chi connectivity index (χ0) is 9.80. The Kier molecular flexibility index (Phi) is 3.10. The summed E-state index contributed by atoms with van der Waals surface area (Å²) >= 11 is 0. The van der Waals surface area contributed by atoms with Crippen LogP contribution >= 0.6 is 0 Å². The van der Waals surface area contributed by atoms with E-state index in [-0.39, 0.29) is 0 Å². The van der Waals surface area contributed by atoms with Crippen molar-refractivity contribution in [3.8, 4) is 0 Å². The minimum Gasteiger partial charge on any atom is -0.423 e. The molecule has 1 unspecified atom stereocenters. The summed E-state index contributed by atoms with van der Waals surface area (Å²) in [4.78, 5) is 0. The number of hydrogen-bond donors (Lipinski definition) is 1. The van der Waals surface area contributed by atoms with Crippen molar-refractivity contribution in [2.45, 2.75) is 25.3 Å². The lowest BCUT2D eigenvalue weighted by molar-refractivity contribution is 0.0721. The van der Waals surface area contributed by atoms with Crippen LogP contribution in [0.15, 0.2) is 4.42 Å². The molecule has 0 radical (unpaired) electrons. The Hall–Kier alpha value is -0.940. The zero-order valence-corrected chi connectivity index (χ0v) is 8.32. The Bertz CT molecular complexity index is 281. The molecular formula is C9H15N3O2. The van der Waals surface area contributed by atoms with Crippen LogP contribution in [0.5, 0.6) is 0 Å². The van der Waals surface area contributed by atoms with Crippen molar-refractivity contribution in [2.75, 3.05) is 20.3 Å². The van der Waals surface area contributed by atoms with E-state index in [1.54, 1.807) is 0 Å². The highest BCUT2D eigenvalue weighted by molar-refractivity contribution is 4.92. The van der Waals surface area contributed by atoms with Crippen molar-refractivity contribution >= 4 is 0 Å². The van der Waals surface area contributed by atoms with Crippen molar-refractivity contribution in [1.82, 2.24) is 15.5 Å². The third-order valence-corrected chi connectivity index (χ3v) is 2.32. The molecule has 1 saturated heterocycles. The second kappa shape index (κ2) is 4.52. The van der Waals surface area contributed by atoms with Gasteiger partial charge in [0.25, 0.3) is 0 Å². The summed E-state index contributed by atoms with van der Waals surface area (Å²) < 4.78 is 10.9. The molecule has 1 fully saturated rings. The van der Waals surface area contributed by atoms with Gasteiger partial charge < -0.3 is 14.5 Å². The summed E-state index contributed by atoms with van der Waals surface area (Å²) in [5, 5.41) is 10.9. The maximum absolute atomic E-state index is 5.50. The minimum atomic E-state index is 0.293. The van der Waals surface area contributed by atoms with E-state index in [9.17, 15) is 0 Å². The lowest BCUT2D eigenvalue weighted by atomic mass is 10.0. The summed E-state index contributed by atoms with van der Waals surface area (Å²) in [7, 11) is 1.85. The highest BCUT2D eigenvalue weighted by Gasteiger charge is 2.21. The molecule has 0 aromatic carbocycles. The molecule has 1 aliphatic rings. The summed E-state index contributed by atoms with van der Waals surface area (Å²) in [6.45, 7) is 2.19. The molecule has 0 saturated carbocycles. The molecule has 0 aliphatic carbocycles. The normalized spacial score (nSPS) is 22.5. The van der Waals surface area contributed by atoms with Gasteiger partial charge in [-0.15, -0.1) is 10.2 Å². The van der Waals surface area contributed by atoms with Gasteiger partial charge in [-0.2, -0.15) is 0 Å². The van der Waals surface area contributed by atoms with E-state index >= 15 is 0 Å². The number of nitrogens with zero attached hydrogens (tertiary/aromatic N) is 2. The van der Waals surface area contributed by atoms with Gasteiger partial charge in [0.05, 0.1) is 19.1 Å². The Balaban J connectivity index is 2.00. The van der Waals surface area contributed by atoms with Gasteiger partial charge in [0.15, 0.2) is 0 Å². The van der Waals surface area contributed by atoms with Crippen molar-refractivity contribution in [2.24, 2.45) is 0 Å². The van der Waals surface area contributed by atoms with Crippen LogP contribution in [0.25, 0.3) is 0 Å². The predicted molar refractivity (Wildman–Crippen MR) is 49.9 cm³/mol. The van der Waals surface area contributed by atoms with Crippen LogP contribution in [0.3, 0.4) is 0 Å². The second-order valence-electron chi connectivity index (χ2n) is 3.48. The van der Waals surface area contributed by atoms with Crippen molar-refractivity contribution in [3.63, 3.8) is 0 Å². The van der Waals surface area contributed by atoms with Gasteiger partial charge in [-0.05, 0) is 19.9 Å². The van der Waals surface area contributed by atoms with Gasteiger partial charge in [-0.25, -0.2) is 0 Å². The summed E-state index contributed by atoms with van der Waals surface area (Å²) in [5.74, 6) is 1.66. The molecule has 2 heterocycles. The number of ether oxygens (including phenoxy) is 1. The Morgan fingerprint density at radius 3 is 3.14 bits per heavy atom. The van der Waals surface area contributed by atoms with Gasteiger partial charge in [0.2, 0.25) is 11.8 Å². The van der Waals surface area contributed by atoms with Crippen LogP contribution < -0.4 is 5.32 Å². The molecule has 0 spiro atoms. The monoisotopic (exact) mass is 197 g/mol. The molecule has 1 aromatic rings. The zero-order valence-electron chi connectivity index (χ0n) is 8.32. The molecule has 0 bridgehead atoms. The summed E-state index contributed by atoms with van der Waals surface area (Å²) in [6.07, 6.45) is 2.16. The van der Waals surface area contributed by atoms with Gasteiger partial charge in [0, 0.05) is 6.61 Å². The average molecular weight is 197 g/mol. The maximum atomic E-state index is 5.50. The largest absolute Gasteiger partial charge is 0.423 e. The van der Waals surface area contributed by atoms with E-state index in [1.165, 1.54) is 0 Å². The van der Waals surface area contributed by atoms with E-state index < -0.39 is 0 Å². The fourth-order valence-electron chi connectivity index (χ4n) is 1.59. The van der Waals surface area contributed by atoms with Crippen LogP contribution in [0.4, 0.5) is 0 Å². The molecule has 1 atom stereocenters. The average Bonchev–Trinajstić information content (AvgIpc) is 2.68. The van der Waals surface area contributed by atoms with E-state index in [1.807, 2.05) is 7.05 Å². The first-order chi connectivity index (χ1) is 6.90. The molecule has 0 amide bonds. The molecule has 1 aliphatic heterocycles. The Labute approximate surface area is 82.8 Å². The number of aromatic nitrogens is 2. The Morgan fingerprint density at radius 2 is 2.43 bits per heavy atom. The molecule has 5 nitrogen and oxygen atoms in total. The lowest BCUT2D eigenvalue weighted by Crippen LogP contribution is -2.15. The smallest absolute Gasteiger partial charge is 0.230 e. The van der Waals surface area contributed by atoms with Gasteiger partial charge in [-0.1, -0.05) is 0 Å². The molecule has 14 heavy (non-hydrogen) atoms. The topological polar surface area (TPSA) is 60.2 Å². The van der Waals surface area contributed by atoms with Crippen molar-refractivity contribution in [1.29, 1.82) is 0 Å². The summed E-state index contributed by atoms with van der Waals surface area (Å²) in [5.41, 5.74) is 0. The summed E-state index contributed by atoms with van der Waals surface area (Å²) in [6, 6.07) is 0. The number of hydrogen-bond acceptors (Lipinski definition) is 5. The molecular weight excluding hydrogens is 182 g/mol. The quantitative estimate of drug-likeness (QED) is 0.772. The predicted octanol–water partition coefficient (Wildman–Crippen LogP) is 0.683. The standard InChI is InChI=1S/C9H15N3O2/c1-10-5-8-11-12-9(14-8)7-3-2-4-13-6-7/h7,10H,2-6H2,1H3. The molecule has 1 aromatic heterocycles. The van der Waals surface area contributed by atoms with Crippen molar-refractivity contribution < 1.29 is 9.15 Å². The lowest BCUT2D eigenvalue weighted by Gasteiger charge is -2.18. The third kappa shape index (κ3) is 2.10. The van der Waals surface area contributed by atoms with Crippen LogP contribution in [0, 0.1) is 0 Å². The molecule has 5 heteroatoms. The fourth-order valence-corrected chi connectivity index (χ4v) is 1.59. The van der Waals surface area contributed by atoms with Crippen LogP contribution in [0.2, 0.25) is 0 Å². The third-order valence-electron chi connectivity index (χ3n) is 2.32. The molecule has 1 N–H and O–H groups in total. The minimum absolute atomic E-state index is 0.293. The SMILES string of the molecule is CNCc1nnc(C2CCCOC2)o1. The number of rotatable bonds is 3. The van der Waals surface area contributed by atoms with E-state index in [0.29, 0.717) is 25.0 Å². The first-order valence-corrected chi connectivity index (χ1v) is 4.95. The van der Waals surface area contributed by atoms with E-state index in [2.05, 4.69) is 15.5 Å². The molecule has 2 rings (SSSR count). The molecule has 78 valence electrons. The van der Waals surface area contributed by atoms with Gasteiger partial charge in [-0.3, -0.25) is 0 Å². The van der Waals surface area contributed by atoms with Crippen LogP contribution in [-0.4, -0.2) is 30.5 Å². The first-order valence-electron chi connectivity index (χ1n) is 4.95. The van der Waals surface area contributed by atoms with Crippen molar-refractivity contribution in [3.05, 3.63) is 11.8 Å². The maximum Gasteiger partial charge on any atom is 0.230 e. The van der Waals surface area contributed by atoms with Gasteiger partial charge in [0.1, 0.15) is 0 Å². The highest BCUT2D eigenvalue weighted by atomic mass is 16.5. The Morgan fingerprint density at radius 1 is 1.50 bits per heavy atom. The highest BCUT2D eigenvalue weighted by Crippen LogP contribution is 2.23. The first kappa shape index (κ1) is 9.61. The fraction of sp³-hybridized carbons (Fsp3) is 0.778. The number of nitrogens with one attached hydrogen (secondary N) is 1. The van der Waals surface area contributed by atoms with Crippen LogP contribution in [0.1, 0.15) is 30.5 Å². The van der Waals surface area contributed by atoms with E-state index in [0.717, 1.165) is 25.3 Å². The van der Waals surface area contributed by atoms with E-state index in [4.69, 9.17) is 9.15 Å². The second-order valence-corrected chi connectivity index (χ2v) is 3.48. The van der Waals surface area contributed by atoms with Crippen LogP contribution in [-0.2, 0) is 11.3 Å².